The Bertz CT molecular complexity index is 688. The van der Waals surface area contributed by atoms with Gasteiger partial charge in [-0.1, -0.05) is 6.92 Å². The Morgan fingerprint density at radius 1 is 1.42 bits per heavy atom. The highest BCUT2D eigenvalue weighted by atomic mass is 32.2. The Labute approximate surface area is 110 Å². The molecule has 0 aliphatic carbocycles. The second-order valence-electron chi connectivity index (χ2n) is 4.25. The minimum absolute atomic E-state index is 0.0910. The van der Waals surface area contributed by atoms with Crippen molar-refractivity contribution in [1.29, 1.82) is 0 Å². The summed E-state index contributed by atoms with van der Waals surface area (Å²) in [5.74, 6) is -1.57. The molecule has 7 nitrogen and oxygen atoms in total. The molecule has 1 aromatic heterocycles. The third-order valence-electron chi connectivity index (χ3n) is 2.70. The summed E-state index contributed by atoms with van der Waals surface area (Å²) < 4.78 is 24.2. The van der Waals surface area contributed by atoms with E-state index in [0.29, 0.717) is 6.42 Å². The normalized spacial score (nSPS) is 11.5. The largest absolute Gasteiger partial charge is 0.494 e. The Morgan fingerprint density at radius 2 is 1.95 bits per heavy atom. The molecule has 1 rings (SSSR count). The number of hydrogen-bond acceptors (Lipinski definition) is 5. The van der Waals surface area contributed by atoms with Crippen molar-refractivity contribution >= 4 is 15.7 Å². The number of nitrogens with zero attached hydrogens (tertiary/aromatic N) is 1. The van der Waals surface area contributed by atoms with Crippen molar-refractivity contribution in [3.63, 3.8) is 0 Å². The van der Waals surface area contributed by atoms with E-state index in [0.717, 1.165) is 10.8 Å². The summed E-state index contributed by atoms with van der Waals surface area (Å²) in [6, 6.07) is 0. The molecule has 1 heterocycles. The molecule has 0 aliphatic rings. The summed E-state index contributed by atoms with van der Waals surface area (Å²) in [4.78, 5) is 22.9. The van der Waals surface area contributed by atoms with Crippen LogP contribution in [0.25, 0.3) is 0 Å². The Hall–Kier alpha value is -1.83. The van der Waals surface area contributed by atoms with Gasteiger partial charge in [0.05, 0.1) is 0 Å². The fourth-order valence-corrected chi connectivity index (χ4v) is 3.04. The molecule has 0 atom stereocenters. The van der Waals surface area contributed by atoms with Crippen molar-refractivity contribution in [3.05, 3.63) is 21.5 Å². The van der Waals surface area contributed by atoms with E-state index in [2.05, 4.69) is 0 Å². The molecule has 106 valence electrons. The van der Waals surface area contributed by atoms with Crippen LogP contribution in [0.4, 0.5) is 0 Å². The lowest BCUT2D eigenvalue weighted by Gasteiger charge is -2.15. The van der Waals surface area contributed by atoms with Crippen LogP contribution < -0.4 is 11.3 Å². The van der Waals surface area contributed by atoms with Crippen LogP contribution in [-0.4, -0.2) is 30.3 Å². The van der Waals surface area contributed by atoms with Gasteiger partial charge in [-0.2, -0.15) is 0 Å². The minimum atomic E-state index is -3.83. The number of aromatic nitrogens is 1. The highest BCUT2D eigenvalue weighted by molar-refractivity contribution is 7.90. The molecule has 0 spiro atoms. The number of carbonyl (C=O) groups is 1. The summed E-state index contributed by atoms with van der Waals surface area (Å²) >= 11 is 0. The van der Waals surface area contributed by atoms with Crippen molar-refractivity contribution in [1.82, 2.24) is 4.57 Å². The SMILES string of the molecule is CCCn1c(O)c(C(N)=O)c(C)c(S(C)(=O)=O)c1=O. The highest BCUT2D eigenvalue weighted by Crippen LogP contribution is 2.23. The van der Waals surface area contributed by atoms with Crippen LogP contribution in [0.5, 0.6) is 5.88 Å². The number of pyridine rings is 1. The zero-order chi connectivity index (χ0) is 15.0. The first-order chi connectivity index (χ1) is 8.62. The molecule has 0 aliphatic heterocycles. The van der Waals surface area contributed by atoms with Crippen molar-refractivity contribution in [2.45, 2.75) is 31.7 Å². The predicted molar refractivity (Wildman–Crippen MR) is 69.0 cm³/mol. The zero-order valence-electron chi connectivity index (χ0n) is 10.9. The van der Waals surface area contributed by atoms with Gasteiger partial charge in [0, 0.05) is 12.8 Å². The molecule has 0 unspecified atom stereocenters. The molecule has 1 aromatic rings. The fraction of sp³-hybridized carbons (Fsp3) is 0.455. The van der Waals surface area contributed by atoms with Crippen molar-refractivity contribution in [3.8, 4) is 5.88 Å². The van der Waals surface area contributed by atoms with E-state index in [1.165, 1.54) is 6.92 Å². The quantitative estimate of drug-likeness (QED) is 0.793. The van der Waals surface area contributed by atoms with E-state index < -0.39 is 32.1 Å². The maximum absolute atomic E-state index is 12.1. The van der Waals surface area contributed by atoms with Crippen LogP contribution in [0, 0.1) is 6.92 Å². The van der Waals surface area contributed by atoms with Gasteiger partial charge in [0.25, 0.3) is 11.5 Å². The smallest absolute Gasteiger partial charge is 0.272 e. The van der Waals surface area contributed by atoms with Crippen molar-refractivity contribution in [2.24, 2.45) is 5.73 Å². The summed E-state index contributed by atoms with van der Waals surface area (Å²) in [5.41, 5.74) is 3.83. The number of carbonyl (C=O) groups excluding carboxylic acids is 1. The van der Waals surface area contributed by atoms with E-state index in [-0.39, 0.29) is 17.7 Å². The molecule has 0 aromatic carbocycles. The monoisotopic (exact) mass is 288 g/mol. The Morgan fingerprint density at radius 3 is 2.32 bits per heavy atom. The summed E-state index contributed by atoms with van der Waals surface area (Å²) in [6.45, 7) is 3.11. The standard InChI is InChI=1S/C11H16N2O5S/c1-4-5-13-10(15)7(9(12)14)6(2)8(11(13)16)19(3,17)18/h15H,4-5H2,1-3H3,(H2,12,14). The summed E-state index contributed by atoms with van der Waals surface area (Å²) in [6.07, 6.45) is 1.35. The fourth-order valence-electron chi connectivity index (χ4n) is 1.96. The predicted octanol–water partition coefficient (Wildman–Crippen LogP) is -0.225. The van der Waals surface area contributed by atoms with Gasteiger partial charge in [-0.05, 0) is 18.9 Å². The van der Waals surface area contributed by atoms with Crippen LogP contribution in [0.2, 0.25) is 0 Å². The third kappa shape index (κ3) is 2.62. The second kappa shape index (κ2) is 5.04. The van der Waals surface area contributed by atoms with Crippen LogP contribution in [0.15, 0.2) is 9.69 Å². The first-order valence-corrected chi connectivity index (χ1v) is 7.48. The number of nitrogens with two attached hydrogens (primary N) is 1. The van der Waals surface area contributed by atoms with Gasteiger partial charge in [0.1, 0.15) is 10.5 Å². The van der Waals surface area contributed by atoms with Crippen LogP contribution in [0.3, 0.4) is 0 Å². The molecule has 3 N–H and O–H groups in total. The van der Waals surface area contributed by atoms with E-state index in [1.54, 1.807) is 6.92 Å². The lowest BCUT2D eigenvalue weighted by atomic mass is 10.1. The Balaban J connectivity index is 3.97. The first-order valence-electron chi connectivity index (χ1n) is 5.59. The number of primary amides is 1. The maximum atomic E-state index is 12.1. The van der Waals surface area contributed by atoms with Gasteiger partial charge >= 0.3 is 0 Å². The average Bonchev–Trinajstić information content (AvgIpc) is 2.21. The van der Waals surface area contributed by atoms with E-state index in [4.69, 9.17) is 5.73 Å². The maximum Gasteiger partial charge on any atom is 0.272 e. The summed E-state index contributed by atoms with van der Waals surface area (Å²) in [5, 5.41) is 9.91. The molecule has 0 saturated heterocycles. The van der Waals surface area contributed by atoms with Crippen LogP contribution in [0.1, 0.15) is 29.3 Å². The lowest BCUT2D eigenvalue weighted by Crippen LogP contribution is -2.30. The second-order valence-corrected chi connectivity index (χ2v) is 6.20. The van der Waals surface area contributed by atoms with E-state index in [9.17, 15) is 23.1 Å². The number of sulfone groups is 1. The number of hydrogen-bond donors (Lipinski definition) is 2. The molecular formula is C11H16N2O5S. The first kappa shape index (κ1) is 15.2. The Kier molecular flexibility index (Phi) is 4.04. The third-order valence-corrected chi connectivity index (χ3v) is 3.92. The molecule has 1 amide bonds. The molecule has 8 heteroatoms. The van der Waals surface area contributed by atoms with Crippen molar-refractivity contribution < 1.29 is 18.3 Å². The zero-order valence-corrected chi connectivity index (χ0v) is 11.7. The minimum Gasteiger partial charge on any atom is -0.494 e. The molecule has 0 saturated carbocycles. The van der Waals surface area contributed by atoms with Gasteiger partial charge in [-0.25, -0.2) is 8.42 Å². The molecular weight excluding hydrogens is 272 g/mol. The molecule has 0 bridgehead atoms. The highest BCUT2D eigenvalue weighted by Gasteiger charge is 2.26. The van der Waals surface area contributed by atoms with Crippen LogP contribution >= 0.6 is 0 Å². The van der Waals surface area contributed by atoms with E-state index >= 15 is 0 Å². The molecule has 19 heavy (non-hydrogen) atoms. The topological polar surface area (TPSA) is 119 Å². The van der Waals surface area contributed by atoms with Gasteiger partial charge < -0.3 is 10.8 Å². The number of amides is 1. The number of rotatable bonds is 4. The van der Waals surface area contributed by atoms with E-state index in [1.807, 2.05) is 0 Å². The van der Waals surface area contributed by atoms with Gasteiger partial charge in [0.2, 0.25) is 5.88 Å². The van der Waals surface area contributed by atoms with Crippen molar-refractivity contribution in [2.75, 3.05) is 6.26 Å². The average molecular weight is 288 g/mol. The van der Waals surface area contributed by atoms with Gasteiger partial charge in [0.15, 0.2) is 9.84 Å². The summed E-state index contributed by atoms with van der Waals surface area (Å²) in [7, 11) is -3.83. The van der Waals surface area contributed by atoms with Gasteiger partial charge in [-0.15, -0.1) is 0 Å². The molecule has 0 fully saturated rings. The number of aromatic hydroxyl groups is 1. The van der Waals surface area contributed by atoms with Crippen LogP contribution in [-0.2, 0) is 16.4 Å². The van der Waals surface area contributed by atoms with Gasteiger partial charge in [-0.3, -0.25) is 14.2 Å². The lowest BCUT2D eigenvalue weighted by molar-refractivity contribution is 0.0995. The molecule has 0 radical (unpaired) electrons.